The van der Waals surface area contributed by atoms with Crippen LogP contribution in [0, 0.1) is 7.14 Å². The molecule has 0 aromatic heterocycles. The Kier molecular flexibility index (Phi) is 7.80. The predicted molar refractivity (Wildman–Crippen MR) is 117 cm³/mol. The highest BCUT2D eigenvalue weighted by Crippen LogP contribution is 2.28. The van der Waals surface area contributed by atoms with Crippen molar-refractivity contribution in [1.82, 2.24) is 5.32 Å². The van der Waals surface area contributed by atoms with Crippen LogP contribution in [-0.4, -0.2) is 30.1 Å². The van der Waals surface area contributed by atoms with E-state index < -0.39 is 17.9 Å². The molecule has 0 fully saturated rings. The average molecular weight is 620 g/mol. The van der Waals surface area contributed by atoms with Gasteiger partial charge in [0.1, 0.15) is 11.8 Å². The van der Waals surface area contributed by atoms with E-state index >= 15 is 0 Å². The molecule has 1 atom stereocenters. The molecule has 0 saturated heterocycles. The van der Waals surface area contributed by atoms with Gasteiger partial charge >= 0.3 is 5.97 Å². The maximum absolute atomic E-state index is 12.6. The van der Waals surface area contributed by atoms with Gasteiger partial charge in [0.2, 0.25) is 0 Å². The van der Waals surface area contributed by atoms with E-state index in [2.05, 4.69) is 5.32 Å². The molecule has 138 valence electrons. The zero-order valence-corrected chi connectivity index (χ0v) is 19.2. The number of phenols is 1. The van der Waals surface area contributed by atoms with Gasteiger partial charge in [-0.2, -0.15) is 0 Å². The lowest BCUT2D eigenvalue weighted by Crippen LogP contribution is -2.43. The Labute approximate surface area is 187 Å². The van der Waals surface area contributed by atoms with Gasteiger partial charge in [-0.15, -0.1) is 0 Å². The van der Waals surface area contributed by atoms with Crippen LogP contribution in [0.15, 0.2) is 30.3 Å². The molecule has 26 heavy (non-hydrogen) atoms. The normalized spacial score (nSPS) is 11.7. The van der Waals surface area contributed by atoms with E-state index in [1.54, 1.807) is 30.3 Å². The van der Waals surface area contributed by atoms with Crippen molar-refractivity contribution in [3.8, 4) is 5.75 Å². The van der Waals surface area contributed by atoms with Gasteiger partial charge in [-0.3, -0.25) is 4.79 Å². The van der Waals surface area contributed by atoms with Gasteiger partial charge in [0.15, 0.2) is 0 Å². The molecule has 0 aliphatic carbocycles. The van der Waals surface area contributed by atoms with Gasteiger partial charge in [-0.25, -0.2) is 4.79 Å². The minimum absolute atomic E-state index is 0.0969. The van der Waals surface area contributed by atoms with Crippen LogP contribution in [0.4, 0.5) is 0 Å². The van der Waals surface area contributed by atoms with Crippen molar-refractivity contribution >= 4 is 80.3 Å². The van der Waals surface area contributed by atoms with Gasteiger partial charge in [0.05, 0.1) is 29.9 Å². The lowest BCUT2D eigenvalue weighted by atomic mass is 10.0. The van der Waals surface area contributed by atoms with Crippen LogP contribution in [0.2, 0.25) is 10.0 Å². The summed E-state index contributed by atoms with van der Waals surface area (Å²) in [6.07, 6.45) is 0.187. The van der Waals surface area contributed by atoms with E-state index in [1.807, 2.05) is 45.2 Å². The van der Waals surface area contributed by atoms with Crippen LogP contribution in [0.25, 0.3) is 0 Å². The molecule has 0 aliphatic rings. The van der Waals surface area contributed by atoms with E-state index in [0.717, 1.165) is 5.56 Å². The molecule has 2 aromatic carbocycles. The van der Waals surface area contributed by atoms with Crippen LogP contribution in [0.5, 0.6) is 5.75 Å². The molecule has 0 aliphatic heterocycles. The highest BCUT2D eigenvalue weighted by atomic mass is 127. The predicted octanol–water partition coefficient (Wildman–Crippen LogP) is 4.42. The highest BCUT2D eigenvalue weighted by molar-refractivity contribution is 14.1. The number of benzene rings is 2. The lowest BCUT2D eigenvalue weighted by Gasteiger charge is -2.18. The van der Waals surface area contributed by atoms with Crippen LogP contribution in [-0.2, 0) is 16.0 Å². The molecule has 2 rings (SSSR count). The van der Waals surface area contributed by atoms with Crippen LogP contribution < -0.4 is 5.32 Å². The van der Waals surface area contributed by atoms with Crippen LogP contribution in [0.1, 0.15) is 15.9 Å². The maximum Gasteiger partial charge on any atom is 0.328 e. The molecular weight excluding hydrogens is 607 g/mol. The molecule has 2 N–H and O–H groups in total. The van der Waals surface area contributed by atoms with Gasteiger partial charge in [-0.05, 0) is 75.0 Å². The van der Waals surface area contributed by atoms with E-state index in [4.69, 9.17) is 27.9 Å². The van der Waals surface area contributed by atoms with Crippen molar-refractivity contribution in [3.63, 3.8) is 0 Å². The van der Waals surface area contributed by atoms with Gasteiger partial charge in [0, 0.05) is 6.42 Å². The zero-order valence-electron chi connectivity index (χ0n) is 13.4. The quantitative estimate of drug-likeness (QED) is 0.384. The van der Waals surface area contributed by atoms with Crippen LogP contribution in [0.3, 0.4) is 0 Å². The number of ether oxygens (including phenoxy) is 1. The van der Waals surface area contributed by atoms with E-state index in [1.165, 1.54) is 7.11 Å². The summed E-state index contributed by atoms with van der Waals surface area (Å²) in [4.78, 5) is 24.7. The summed E-state index contributed by atoms with van der Waals surface area (Å²) >= 11 is 16.1. The summed E-state index contributed by atoms with van der Waals surface area (Å²) in [6, 6.07) is 7.25. The number of phenolic OH excluding ortho intramolecular Hbond substituents is 1. The third-order valence-electron chi connectivity index (χ3n) is 3.50. The van der Waals surface area contributed by atoms with Crippen molar-refractivity contribution < 1.29 is 19.4 Å². The van der Waals surface area contributed by atoms with Gasteiger partial charge < -0.3 is 15.2 Å². The summed E-state index contributed by atoms with van der Waals surface area (Å²) in [5.41, 5.74) is 0.858. The Bertz CT molecular complexity index is 817. The molecule has 0 bridgehead atoms. The highest BCUT2D eigenvalue weighted by Gasteiger charge is 2.25. The number of nitrogens with one attached hydrogen (secondary N) is 1. The number of hydrogen-bond donors (Lipinski definition) is 2. The smallest absolute Gasteiger partial charge is 0.328 e. The summed E-state index contributed by atoms with van der Waals surface area (Å²) in [6.45, 7) is 0. The number of amides is 1. The minimum atomic E-state index is -0.934. The molecule has 0 unspecified atom stereocenters. The van der Waals surface area contributed by atoms with Crippen molar-refractivity contribution in [1.29, 1.82) is 0 Å². The molecular formula is C17H13Cl2I2NO4. The van der Waals surface area contributed by atoms with Gasteiger partial charge in [-0.1, -0.05) is 29.3 Å². The molecule has 1 amide bonds. The summed E-state index contributed by atoms with van der Waals surface area (Å²) < 4.78 is 6.09. The first kappa shape index (κ1) is 21.5. The average Bonchev–Trinajstić information content (AvgIpc) is 2.58. The monoisotopic (exact) mass is 619 g/mol. The molecule has 0 saturated carbocycles. The van der Waals surface area contributed by atoms with Crippen molar-refractivity contribution in [3.05, 3.63) is 58.6 Å². The van der Waals surface area contributed by atoms with E-state index in [-0.39, 0.29) is 27.8 Å². The second-order valence-corrected chi connectivity index (χ2v) is 8.40. The first-order chi connectivity index (χ1) is 12.2. The fraction of sp³-hybridized carbons (Fsp3) is 0.176. The molecule has 0 radical (unpaired) electrons. The summed E-state index contributed by atoms with van der Waals surface area (Å²) in [5.74, 6) is -0.991. The van der Waals surface area contributed by atoms with E-state index in [9.17, 15) is 14.7 Å². The fourth-order valence-corrected chi connectivity index (χ4v) is 4.72. The number of aromatic hydroxyl groups is 1. The molecule has 5 nitrogen and oxygen atoms in total. The topological polar surface area (TPSA) is 75.6 Å². The lowest BCUT2D eigenvalue weighted by molar-refractivity contribution is -0.142. The summed E-state index contributed by atoms with van der Waals surface area (Å²) in [5, 5.41) is 12.9. The third-order valence-corrected chi connectivity index (χ3v) is 5.77. The number of rotatable bonds is 5. The Balaban J connectivity index is 2.28. The summed E-state index contributed by atoms with van der Waals surface area (Å²) in [7, 11) is 1.24. The van der Waals surface area contributed by atoms with Crippen LogP contribution >= 0.6 is 68.4 Å². The Morgan fingerprint density at radius 1 is 1.19 bits per heavy atom. The number of carbonyl (C=O) groups is 2. The Morgan fingerprint density at radius 3 is 2.23 bits per heavy atom. The molecule has 2 aromatic rings. The zero-order chi connectivity index (χ0) is 19.4. The third kappa shape index (κ3) is 5.14. The number of hydrogen-bond acceptors (Lipinski definition) is 4. The second kappa shape index (κ2) is 9.43. The maximum atomic E-state index is 12.6. The fourth-order valence-electron chi connectivity index (χ4n) is 2.25. The number of carbonyl (C=O) groups excluding carboxylic acids is 2. The van der Waals surface area contributed by atoms with Crippen molar-refractivity contribution in [2.45, 2.75) is 12.5 Å². The number of halogens is 4. The largest absolute Gasteiger partial charge is 0.506 e. The minimum Gasteiger partial charge on any atom is -0.506 e. The molecule has 0 spiro atoms. The number of esters is 1. The molecule has 9 heteroatoms. The van der Waals surface area contributed by atoms with Gasteiger partial charge in [0.25, 0.3) is 5.91 Å². The van der Waals surface area contributed by atoms with E-state index in [0.29, 0.717) is 7.14 Å². The standard InChI is InChI=1S/C17H13Cl2I2NO4/c1-26-17(25)13(7-8-5-11(20)15(23)12(21)6-8)22-16(24)14-9(18)3-2-4-10(14)19/h2-6,13,23H,7H2,1H3,(H,22,24)/t13-/m0/s1. The SMILES string of the molecule is COC(=O)[C@H](Cc1cc(I)c(O)c(I)c1)NC(=O)c1c(Cl)cccc1Cl. The number of methoxy groups -OCH3 is 1. The van der Waals surface area contributed by atoms with Crippen molar-refractivity contribution in [2.24, 2.45) is 0 Å². The Morgan fingerprint density at radius 2 is 1.73 bits per heavy atom. The second-order valence-electron chi connectivity index (χ2n) is 5.26. The van der Waals surface area contributed by atoms with Crippen molar-refractivity contribution in [2.75, 3.05) is 7.11 Å². The first-order valence-corrected chi connectivity index (χ1v) is 10.2. The Hall–Kier alpha value is -0.780. The molecule has 0 heterocycles. The first-order valence-electron chi connectivity index (χ1n) is 7.24.